The summed E-state index contributed by atoms with van der Waals surface area (Å²) >= 11 is 11.2. The summed E-state index contributed by atoms with van der Waals surface area (Å²) in [6, 6.07) is 4.50. The molecule has 0 atom stereocenters. The van der Waals surface area contributed by atoms with Crippen LogP contribution >= 0.6 is 23.2 Å². The zero-order valence-electron chi connectivity index (χ0n) is 8.53. The summed E-state index contributed by atoms with van der Waals surface area (Å²) in [6.45, 7) is 0. The summed E-state index contributed by atoms with van der Waals surface area (Å²) in [6.07, 6.45) is 3.02. The normalized spacial score (nSPS) is 10.3. The Hall–Kier alpha value is -1.39. The van der Waals surface area contributed by atoms with Gasteiger partial charge >= 0.3 is 6.01 Å². The van der Waals surface area contributed by atoms with Crippen molar-refractivity contribution in [1.82, 2.24) is 9.97 Å². The second kappa shape index (κ2) is 5.29. The average Bonchev–Trinajstić information content (AvgIpc) is 2.36. The van der Waals surface area contributed by atoms with Gasteiger partial charge in [-0.1, -0.05) is 17.7 Å². The second-order valence-electron chi connectivity index (χ2n) is 3.16. The van der Waals surface area contributed by atoms with Crippen molar-refractivity contribution in [2.75, 3.05) is 0 Å². The van der Waals surface area contributed by atoms with Gasteiger partial charge in [0.15, 0.2) is 11.6 Å². The molecular weight excluding hydrogens is 266 g/mol. The molecule has 1 aromatic heterocycles. The molecule has 0 aliphatic carbocycles. The SMILES string of the molecule is Fc1c(Cl)cccc1Oc1ncc(CCl)cn1. The van der Waals surface area contributed by atoms with Gasteiger partial charge in [0.1, 0.15) is 0 Å². The molecule has 0 aliphatic rings. The zero-order valence-corrected chi connectivity index (χ0v) is 10.0. The molecule has 0 spiro atoms. The summed E-state index contributed by atoms with van der Waals surface area (Å²) in [7, 11) is 0. The highest BCUT2D eigenvalue weighted by molar-refractivity contribution is 6.30. The molecule has 0 saturated carbocycles. The molecule has 2 rings (SSSR count). The van der Waals surface area contributed by atoms with Crippen molar-refractivity contribution in [3.8, 4) is 11.8 Å². The summed E-state index contributed by atoms with van der Waals surface area (Å²) in [5.74, 6) is -0.346. The predicted molar refractivity (Wildman–Crippen MR) is 63.1 cm³/mol. The van der Waals surface area contributed by atoms with Crippen molar-refractivity contribution < 1.29 is 9.13 Å². The maximum Gasteiger partial charge on any atom is 0.321 e. The van der Waals surface area contributed by atoms with Crippen molar-refractivity contribution >= 4 is 23.2 Å². The lowest BCUT2D eigenvalue weighted by Gasteiger charge is -2.05. The molecule has 0 aliphatic heterocycles. The van der Waals surface area contributed by atoms with Gasteiger partial charge in [-0.2, -0.15) is 0 Å². The van der Waals surface area contributed by atoms with Gasteiger partial charge in [-0.05, 0) is 12.1 Å². The molecule has 0 bridgehead atoms. The summed E-state index contributed by atoms with van der Waals surface area (Å²) < 4.78 is 18.7. The highest BCUT2D eigenvalue weighted by Gasteiger charge is 2.09. The van der Waals surface area contributed by atoms with Crippen LogP contribution in [0.1, 0.15) is 5.56 Å². The van der Waals surface area contributed by atoms with Crippen LogP contribution < -0.4 is 4.74 Å². The van der Waals surface area contributed by atoms with Crippen LogP contribution in [-0.4, -0.2) is 9.97 Å². The number of hydrogen-bond donors (Lipinski definition) is 0. The van der Waals surface area contributed by atoms with E-state index in [1.807, 2.05) is 0 Å². The molecule has 0 fully saturated rings. The minimum Gasteiger partial charge on any atom is -0.421 e. The van der Waals surface area contributed by atoms with E-state index in [2.05, 4.69) is 9.97 Å². The van der Waals surface area contributed by atoms with E-state index < -0.39 is 5.82 Å². The van der Waals surface area contributed by atoms with Crippen LogP contribution in [0.3, 0.4) is 0 Å². The van der Waals surface area contributed by atoms with Gasteiger partial charge in [0.25, 0.3) is 0 Å². The average molecular weight is 273 g/mol. The van der Waals surface area contributed by atoms with Crippen LogP contribution in [0.5, 0.6) is 11.8 Å². The third kappa shape index (κ3) is 2.84. The van der Waals surface area contributed by atoms with Crippen LogP contribution in [0.4, 0.5) is 4.39 Å². The number of benzene rings is 1. The van der Waals surface area contributed by atoms with Crippen LogP contribution in [0.25, 0.3) is 0 Å². The molecule has 0 amide bonds. The largest absolute Gasteiger partial charge is 0.421 e. The standard InChI is InChI=1S/C11H7Cl2FN2O/c12-4-7-5-15-11(16-6-7)17-9-3-1-2-8(13)10(9)14/h1-3,5-6H,4H2. The molecule has 0 N–H and O–H groups in total. The van der Waals surface area contributed by atoms with Crippen LogP contribution in [-0.2, 0) is 5.88 Å². The Labute approximate surface area is 107 Å². The van der Waals surface area contributed by atoms with E-state index in [4.69, 9.17) is 27.9 Å². The molecule has 6 heteroatoms. The smallest absolute Gasteiger partial charge is 0.321 e. The van der Waals surface area contributed by atoms with E-state index in [9.17, 15) is 4.39 Å². The van der Waals surface area contributed by atoms with Gasteiger partial charge in [0.2, 0.25) is 0 Å². The Morgan fingerprint density at radius 3 is 2.59 bits per heavy atom. The molecular formula is C11H7Cl2FN2O. The number of hydrogen-bond acceptors (Lipinski definition) is 3. The third-order valence-electron chi connectivity index (χ3n) is 1.95. The topological polar surface area (TPSA) is 35.0 Å². The Balaban J connectivity index is 2.22. The maximum absolute atomic E-state index is 13.5. The van der Waals surface area contributed by atoms with Gasteiger partial charge < -0.3 is 4.74 Å². The van der Waals surface area contributed by atoms with Crippen LogP contribution in [0.15, 0.2) is 30.6 Å². The molecule has 1 heterocycles. The van der Waals surface area contributed by atoms with E-state index >= 15 is 0 Å². The van der Waals surface area contributed by atoms with E-state index in [1.165, 1.54) is 24.5 Å². The van der Waals surface area contributed by atoms with Gasteiger partial charge in [0.05, 0.1) is 10.9 Å². The molecule has 0 unspecified atom stereocenters. The fraction of sp³-hybridized carbons (Fsp3) is 0.0909. The first-order valence-electron chi connectivity index (χ1n) is 4.69. The lowest BCUT2D eigenvalue weighted by Crippen LogP contribution is -1.95. The molecule has 1 aromatic carbocycles. The molecule has 0 saturated heterocycles. The number of aromatic nitrogens is 2. The summed E-state index contributed by atoms with van der Waals surface area (Å²) in [5.41, 5.74) is 0.755. The first kappa shape index (κ1) is 12.1. The van der Waals surface area contributed by atoms with Gasteiger partial charge in [-0.3, -0.25) is 0 Å². The third-order valence-corrected chi connectivity index (χ3v) is 2.55. The molecule has 0 radical (unpaired) electrons. The fourth-order valence-corrected chi connectivity index (χ4v) is 1.43. The Kier molecular flexibility index (Phi) is 3.76. The van der Waals surface area contributed by atoms with Crippen LogP contribution in [0, 0.1) is 5.82 Å². The van der Waals surface area contributed by atoms with Crippen molar-refractivity contribution in [3.05, 3.63) is 47.0 Å². The van der Waals surface area contributed by atoms with Gasteiger partial charge in [0, 0.05) is 18.0 Å². The number of halogens is 3. The Morgan fingerprint density at radius 1 is 1.24 bits per heavy atom. The summed E-state index contributed by atoms with van der Waals surface area (Å²) in [4.78, 5) is 7.78. The highest BCUT2D eigenvalue weighted by atomic mass is 35.5. The monoisotopic (exact) mass is 272 g/mol. The quantitative estimate of drug-likeness (QED) is 0.798. The minimum absolute atomic E-state index is 0.0140. The van der Waals surface area contributed by atoms with E-state index in [1.54, 1.807) is 6.07 Å². The van der Waals surface area contributed by atoms with Crippen LogP contribution in [0.2, 0.25) is 5.02 Å². The van der Waals surface area contributed by atoms with Crippen molar-refractivity contribution in [2.24, 2.45) is 0 Å². The molecule has 17 heavy (non-hydrogen) atoms. The Bertz CT molecular complexity index is 519. The fourth-order valence-electron chi connectivity index (χ4n) is 1.13. The lowest BCUT2D eigenvalue weighted by molar-refractivity contribution is 0.411. The minimum atomic E-state index is -0.640. The van der Waals surface area contributed by atoms with E-state index in [-0.39, 0.29) is 16.8 Å². The second-order valence-corrected chi connectivity index (χ2v) is 3.84. The molecule has 2 aromatic rings. The predicted octanol–water partition coefficient (Wildman–Crippen LogP) is 3.80. The van der Waals surface area contributed by atoms with Crippen molar-refractivity contribution in [2.45, 2.75) is 5.88 Å². The van der Waals surface area contributed by atoms with Crippen molar-refractivity contribution in [1.29, 1.82) is 0 Å². The number of rotatable bonds is 3. The number of ether oxygens (including phenoxy) is 1. The maximum atomic E-state index is 13.5. The van der Waals surface area contributed by atoms with E-state index in [0.29, 0.717) is 5.88 Å². The van der Waals surface area contributed by atoms with E-state index in [0.717, 1.165) is 5.56 Å². The summed E-state index contributed by atoms with van der Waals surface area (Å²) in [5, 5.41) is -0.0140. The molecule has 88 valence electrons. The number of alkyl halides is 1. The highest BCUT2D eigenvalue weighted by Crippen LogP contribution is 2.26. The zero-order chi connectivity index (χ0) is 12.3. The van der Waals surface area contributed by atoms with Crippen molar-refractivity contribution in [3.63, 3.8) is 0 Å². The van der Waals surface area contributed by atoms with Gasteiger partial charge in [-0.25, -0.2) is 14.4 Å². The first-order chi connectivity index (χ1) is 8.20. The number of nitrogens with zero attached hydrogens (tertiary/aromatic N) is 2. The Morgan fingerprint density at radius 2 is 1.94 bits per heavy atom. The first-order valence-corrected chi connectivity index (χ1v) is 5.60. The molecule has 3 nitrogen and oxygen atoms in total. The lowest BCUT2D eigenvalue weighted by atomic mass is 10.3. The van der Waals surface area contributed by atoms with Gasteiger partial charge in [-0.15, -0.1) is 11.6 Å².